The van der Waals surface area contributed by atoms with Crippen LogP contribution in [0, 0.1) is 11.8 Å². The Morgan fingerprint density at radius 1 is 0.414 bits per heavy atom. The lowest BCUT2D eigenvalue weighted by Crippen LogP contribution is -2.30. The SMILES string of the molecule is CCCCCCCC(=O)OC[C@H](COP(=O)(O)OC[C@H](O)COP(=O)(O)OC[C@@H](COC(=O)CCCCCCCCC(C)CC)OC(=O)CCCCCCCCCC(C)C)OC(=O)CCCCCCC. The van der Waals surface area contributed by atoms with Crippen molar-refractivity contribution in [3.05, 3.63) is 0 Å². The molecule has 0 radical (unpaired) electrons. The van der Waals surface area contributed by atoms with Gasteiger partial charge in [-0.2, -0.15) is 0 Å². The molecule has 3 unspecified atom stereocenters. The number of hydrogen-bond donors (Lipinski definition) is 3. The first-order chi connectivity index (χ1) is 33.4. The molecule has 0 spiro atoms. The van der Waals surface area contributed by atoms with Crippen molar-refractivity contribution in [3.63, 3.8) is 0 Å². The summed E-state index contributed by atoms with van der Waals surface area (Å²) in [6.07, 6.45) is 22.0. The Morgan fingerprint density at radius 3 is 1.09 bits per heavy atom. The number of ether oxygens (including phenoxy) is 4. The van der Waals surface area contributed by atoms with E-state index in [-0.39, 0.29) is 25.7 Å². The molecule has 0 aliphatic rings. The van der Waals surface area contributed by atoms with Crippen molar-refractivity contribution >= 4 is 39.5 Å². The Morgan fingerprint density at radius 2 is 0.729 bits per heavy atom. The van der Waals surface area contributed by atoms with Gasteiger partial charge >= 0.3 is 39.5 Å². The quantitative estimate of drug-likeness (QED) is 0.0222. The van der Waals surface area contributed by atoms with E-state index in [0.717, 1.165) is 109 Å². The molecular formula is C51H98O17P2. The molecule has 414 valence electrons. The summed E-state index contributed by atoms with van der Waals surface area (Å²) < 4.78 is 67.0. The molecule has 0 saturated carbocycles. The van der Waals surface area contributed by atoms with Crippen molar-refractivity contribution < 1.29 is 80.2 Å². The minimum Gasteiger partial charge on any atom is -0.462 e. The summed E-state index contributed by atoms with van der Waals surface area (Å²) in [5.41, 5.74) is 0. The molecule has 0 fully saturated rings. The molecule has 0 heterocycles. The van der Waals surface area contributed by atoms with Gasteiger partial charge in [0.25, 0.3) is 0 Å². The molecule has 0 rings (SSSR count). The average molecular weight is 1050 g/mol. The molecular weight excluding hydrogens is 946 g/mol. The Bertz CT molecular complexity index is 1420. The maximum Gasteiger partial charge on any atom is 0.472 e. The number of carbonyl (C=O) groups excluding carboxylic acids is 4. The van der Waals surface area contributed by atoms with Crippen LogP contribution in [0.4, 0.5) is 0 Å². The third-order valence-electron chi connectivity index (χ3n) is 11.8. The molecule has 0 amide bonds. The monoisotopic (exact) mass is 1040 g/mol. The summed E-state index contributed by atoms with van der Waals surface area (Å²) in [4.78, 5) is 71.0. The Balaban J connectivity index is 5.17. The predicted octanol–water partition coefficient (Wildman–Crippen LogP) is 12.6. The molecule has 0 aliphatic heterocycles. The second-order valence-corrected chi connectivity index (χ2v) is 22.2. The lowest BCUT2D eigenvalue weighted by Gasteiger charge is -2.21. The fraction of sp³-hybridized carbons (Fsp3) is 0.922. The van der Waals surface area contributed by atoms with Crippen molar-refractivity contribution in [3.8, 4) is 0 Å². The summed E-state index contributed by atoms with van der Waals surface area (Å²) in [6.45, 7) is 9.09. The maximum atomic E-state index is 12.8. The normalized spacial score (nSPS) is 15.1. The maximum absolute atomic E-state index is 12.8. The fourth-order valence-corrected chi connectivity index (χ4v) is 8.78. The molecule has 0 aromatic rings. The van der Waals surface area contributed by atoms with Gasteiger partial charge in [-0.25, -0.2) is 9.13 Å². The van der Waals surface area contributed by atoms with Gasteiger partial charge in [0.15, 0.2) is 12.2 Å². The molecule has 3 N–H and O–H groups in total. The van der Waals surface area contributed by atoms with Crippen LogP contribution in [0.3, 0.4) is 0 Å². The van der Waals surface area contributed by atoms with Crippen molar-refractivity contribution in [2.24, 2.45) is 11.8 Å². The third kappa shape index (κ3) is 44.7. The molecule has 0 aromatic carbocycles. The summed E-state index contributed by atoms with van der Waals surface area (Å²) in [6, 6.07) is 0. The average Bonchev–Trinajstić information content (AvgIpc) is 3.31. The standard InChI is InChI=1S/C51H98O17P2/c1-7-10-12-19-27-33-48(53)61-39-46(67-50(55)35-29-20-13-11-8-2)41-65-69(57,58)63-37-45(52)38-64-70(59,60)66-42-47(68-51(56)36-30-24-16-14-15-21-25-31-43(4)5)40-62-49(54)34-28-23-18-17-22-26-32-44(6)9-3/h43-47,52H,7-42H2,1-6H3,(H,57,58)(H,59,60)/t44?,45-,46+,47+/m0/s1. The highest BCUT2D eigenvalue weighted by Gasteiger charge is 2.30. The second kappa shape index (κ2) is 44.5. The topological polar surface area (TPSA) is 237 Å². The number of phosphoric ester groups is 2. The number of hydrogen-bond acceptors (Lipinski definition) is 15. The molecule has 0 saturated heterocycles. The van der Waals surface area contributed by atoms with Gasteiger partial charge in [0, 0.05) is 25.7 Å². The first-order valence-electron chi connectivity index (χ1n) is 27.0. The highest BCUT2D eigenvalue weighted by atomic mass is 31.2. The van der Waals surface area contributed by atoms with Crippen LogP contribution < -0.4 is 0 Å². The molecule has 6 atom stereocenters. The van der Waals surface area contributed by atoms with Gasteiger partial charge in [0.05, 0.1) is 26.4 Å². The summed E-state index contributed by atoms with van der Waals surface area (Å²) in [5.74, 6) is -0.751. The van der Waals surface area contributed by atoms with Crippen molar-refractivity contribution in [2.75, 3.05) is 39.6 Å². The van der Waals surface area contributed by atoms with Crippen molar-refractivity contribution in [1.29, 1.82) is 0 Å². The number of carbonyl (C=O) groups is 4. The number of rotatable bonds is 50. The van der Waals surface area contributed by atoms with Gasteiger partial charge in [0.1, 0.15) is 19.3 Å². The van der Waals surface area contributed by atoms with Crippen LogP contribution in [0.1, 0.15) is 234 Å². The lowest BCUT2D eigenvalue weighted by molar-refractivity contribution is -0.161. The van der Waals surface area contributed by atoms with E-state index in [1.807, 2.05) is 0 Å². The summed E-state index contributed by atoms with van der Waals surface area (Å²) in [7, 11) is -9.84. The first-order valence-corrected chi connectivity index (χ1v) is 30.0. The van der Waals surface area contributed by atoms with E-state index in [1.54, 1.807) is 0 Å². The first kappa shape index (κ1) is 68.1. The van der Waals surface area contributed by atoms with Gasteiger partial charge < -0.3 is 33.8 Å². The largest absolute Gasteiger partial charge is 0.472 e. The van der Waals surface area contributed by atoms with Gasteiger partial charge in [-0.3, -0.25) is 37.3 Å². The van der Waals surface area contributed by atoms with Crippen LogP contribution in [0.15, 0.2) is 0 Å². The molecule has 0 aromatic heterocycles. The van der Waals surface area contributed by atoms with Crippen LogP contribution >= 0.6 is 15.6 Å². The summed E-state index contributed by atoms with van der Waals surface area (Å²) >= 11 is 0. The van der Waals surface area contributed by atoms with Crippen LogP contribution in [0.5, 0.6) is 0 Å². The zero-order chi connectivity index (χ0) is 52.3. The minimum absolute atomic E-state index is 0.0980. The van der Waals surface area contributed by atoms with Gasteiger partial charge in [-0.15, -0.1) is 0 Å². The fourth-order valence-electron chi connectivity index (χ4n) is 7.20. The smallest absolute Gasteiger partial charge is 0.462 e. The van der Waals surface area contributed by atoms with E-state index in [9.17, 15) is 43.2 Å². The molecule has 0 aliphatic carbocycles. The highest BCUT2D eigenvalue weighted by Crippen LogP contribution is 2.45. The number of esters is 4. The number of aliphatic hydroxyl groups excluding tert-OH is 1. The van der Waals surface area contributed by atoms with E-state index in [1.165, 1.54) is 38.5 Å². The minimum atomic E-state index is -4.93. The Hall–Kier alpha value is -1.94. The van der Waals surface area contributed by atoms with E-state index in [4.69, 9.17) is 37.0 Å². The Labute approximate surface area is 422 Å². The van der Waals surface area contributed by atoms with Gasteiger partial charge in [-0.1, -0.05) is 183 Å². The van der Waals surface area contributed by atoms with E-state index >= 15 is 0 Å². The molecule has 70 heavy (non-hydrogen) atoms. The number of phosphoric acid groups is 2. The number of aliphatic hydroxyl groups is 1. The van der Waals surface area contributed by atoms with Crippen LogP contribution in [-0.2, 0) is 65.4 Å². The third-order valence-corrected chi connectivity index (χ3v) is 13.7. The van der Waals surface area contributed by atoms with Crippen LogP contribution in [0.2, 0.25) is 0 Å². The van der Waals surface area contributed by atoms with Gasteiger partial charge in [0.2, 0.25) is 0 Å². The zero-order valence-corrected chi connectivity index (χ0v) is 46.1. The van der Waals surface area contributed by atoms with Crippen molar-refractivity contribution in [1.82, 2.24) is 0 Å². The highest BCUT2D eigenvalue weighted by molar-refractivity contribution is 7.47. The van der Waals surface area contributed by atoms with Crippen molar-refractivity contribution in [2.45, 2.75) is 252 Å². The zero-order valence-electron chi connectivity index (χ0n) is 44.3. The second-order valence-electron chi connectivity index (χ2n) is 19.3. The lowest BCUT2D eigenvalue weighted by atomic mass is 10.00. The van der Waals surface area contributed by atoms with E-state index in [2.05, 4.69) is 41.5 Å². The number of unbranched alkanes of at least 4 members (excludes halogenated alkanes) is 19. The summed E-state index contributed by atoms with van der Waals surface area (Å²) in [5, 5.41) is 10.4. The van der Waals surface area contributed by atoms with Gasteiger partial charge in [-0.05, 0) is 37.5 Å². The van der Waals surface area contributed by atoms with E-state index in [0.29, 0.717) is 31.6 Å². The molecule has 17 nitrogen and oxygen atoms in total. The molecule has 0 bridgehead atoms. The molecule has 19 heteroatoms. The van der Waals surface area contributed by atoms with Crippen LogP contribution in [-0.4, -0.2) is 96.7 Å². The predicted molar refractivity (Wildman–Crippen MR) is 271 cm³/mol. The Kier molecular flexibility index (Phi) is 43.3. The van der Waals surface area contributed by atoms with Crippen LogP contribution in [0.25, 0.3) is 0 Å². The van der Waals surface area contributed by atoms with E-state index < -0.39 is 97.5 Å².